The van der Waals surface area contributed by atoms with Gasteiger partial charge in [0.2, 0.25) is 0 Å². The number of nitrogens with one attached hydrogen (secondary N) is 1. The van der Waals surface area contributed by atoms with Crippen molar-refractivity contribution in [3.63, 3.8) is 0 Å². The Morgan fingerprint density at radius 2 is 1.84 bits per heavy atom. The van der Waals surface area contributed by atoms with Crippen LogP contribution in [0.5, 0.6) is 0 Å². The fourth-order valence-electron chi connectivity index (χ4n) is 2.45. The normalized spacial score (nSPS) is 13.2. The molecule has 0 bridgehead atoms. The molecule has 1 heterocycles. The summed E-state index contributed by atoms with van der Waals surface area (Å²) in [5.41, 5.74) is 3.84. The molecule has 3 rings (SSSR count). The van der Waals surface area contributed by atoms with Crippen LogP contribution in [0.15, 0.2) is 48.5 Å². The zero-order valence-corrected chi connectivity index (χ0v) is 10.4. The lowest BCUT2D eigenvalue weighted by molar-refractivity contribution is 0.422. The summed E-state index contributed by atoms with van der Waals surface area (Å²) in [7, 11) is 0. The van der Waals surface area contributed by atoms with E-state index in [4.69, 9.17) is 10.7 Å². The number of nitrogens with zero attached hydrogens (tertiary/aromatic N) is 2. The van der Waals surface area contributed by atoms with Gasteiger partial charge in [-0.15, -0.1) is 0 Å². The van der Waals surface area contributed by atoms with E-state index in [0.717, 1.165) is 17.7 Å². The summed E-state index contributed by atoms with van der Waals surface area (Å²) in [5, 5.41) is 17.3. The largest absolute Gasteiger partial charge is 0.348 e. The van der Waals surface area contributed by atoms with Gasteiger partial charge in [0.1, 0.15) is 5.84 Å². The molecule has 0 atom stereocenters. The minimum absolute atomic E-state index is 0.545. The topological polar surface area (TPSA) is 50.9 Å². The maximum atomic E-state index is 9.11. The highest BCUT2D eigenvalue weighted by Crippen LogP contribution is 2.24. The Kier molecular flexibility index (Phi) is 2.77. The third-order valence-electron chi connectivity index (χ3n) is 3.45. The Hall–Kier alpha value is -2.60. The fraction of sp³-hybridized carbons (Fsp3) is 0.125. The Balaban J connectivity index is 1.88. The van der Waals surface area contributed by atoms with Gasteiger partial charge in [0, 0.05) is 18.7 Å². The number of fused-ring (bicyclic) bond motifs is 1. The summed E-state index contributed by atoms with van der Waals surface area (Å²) < 4.78 is 0. The van der Waals surface area contributed by atoms with E-state index in [1.54, 1.807) is 0 Å². The van der Waals surface area contributed by atoms with E-state index in [1.807, 2.05) is 47.4 Å². The van der Waals surface area contributed by atoms with Crippen LogP contribution < -0.4 is 0 Å². The van der Waals surface area contributed by atoms with Gasteiger partial charge in [0.25, 0.3) is 0 Å². The predicted octanol–water partition coefficient (Wildman–Crippen LogP) is 2.90. The van der Waals surface area contributed by atoms with Gasteiger partial charge in [0.05, 0.1) is 11.6 Å². The lowest BCUT2D eigenvalue weighted by atomic mass is 10.1. The highest BCUT2D eigenvalue weighted by atomic mass is 15.2. The quantitative estimate of drug-likeness (QED) is 0.887. The molecule has 0 unspecified atom stereocenters. The summed E-state index contributed by atoms with van der Waals surface area (Å²) >= 11 is 0. The highest BCUT2D eigenvalue weighted by Gasteiger charge is 2.23. The van der Waals surface area contributed by atoms with E-state index in [-0.39, 0.29) is 0 Å². The Morgan fingerprint density at radius 1 is 1.11 bits per heavy atom. The second-order valence-corrected chi connectivity index (χ2v) is 4.63. The maximum absolute atomic E-state index is 9.11. The molecular weight excluding hydrogens is 234 g/mol. The van der Waals surface area contributed by atoms with Crippen molar-refractivity contribution < 1.29 is 0 Å². The highest BCUT2D eigenvalue weighted by molar-refractivity contribution is 6.00. The van der Waals surface area contributed by atoms with Crippen molar-refractivity contribution in [3.05, 3.63) is 70.8 Å². The number of benzene rings is 2. The van der Waals surface area contributed by atoms with Crippen LogP contribution in [0.25, 0.3) is 0 Å². The number of nitriles is 1. The molecule has 1 N–H and O–H groups in total. The number of hydrogen-bond donors (Lipinski definition) is 1. The predicted molar refractivity (Wildman–Crippen MR) is 73.7 cm³/mol. The van der Waals surface area contributed by atoms with Gasteiger partial charge in [-0.25, -0.2) is 0 Å². The molecule has 2 aromatic carbocycles. The molecule has 0 amide bonds. The van der Waals surface area contributed by atoms with Crippen molar-refractivity contribution in [3.8, 4) is 6.07 Å². The van der Waals surface area contributed by atoms with Gasteiger partial charge >= 0.3 is 0 Å². The van der Waals surface area contributed by atoms with E-state index in [2.05, 4.69) is 12.1 Å². The third kappa shape index (κ3) is 1.98. The molecule has 2 aromatic rings. The first kappa shape index (κ1) is 11.5. The third-order valence-corrected chi connectivity index (χ3v) is 3.45. The van der Waals surface area contributed by atoms with E-state index >= 15 is 0 Å². The molecule has 19 heavy (non-hydrogen) atoms. The molecule has 0 fully saturated rings. The van der Waals surface area contributed by atoms with Crippen LogP contribution in [0.3, 0.4) is 0 Å². The standard InChI is InChI=1S/C16H13N3/c17-9-12-5-1-2-6-13(12)10-19-11-14-7-3-4-8-15(14)16(19)18/h1-8,18H,10-11H2. The van der Waals surface area contributed by atoms with E-state index in [9.17, 15) is 0 Å². The minimum atomic E-state index is 0.545. The van der Waals surface area contributed by atoms with Crippen LogP contribution in [-0.2, 0) is 13.1 Å². The van der Waals surface area contributed by atoms with Gasteiger partial charge in [-0.3, -0.25) is 5.41 Å². The smallest absolute Gasteiger partial charge is 0.129 e. The summed E-state index contributed by atoms with van der Waals surface area (Å²) in [6.45, 7) is 1.35. The van der Waals surface area contributed by atoms with Crippen LogP contribution >= 0.6 is 0 Å². The van der Waals surface area contributed by atoms with Crippen LogP contribution in [0.4, 0.5) is 0 Å². The van der Waals surface area contributed by atoms with Gasteiger partial charge in [0.15, 0.2) is 0 Å². The summed E-state index contributed by atoms with van der Waals surface area (Å²) in [4.78, 5) is 2.00. The molecule has 1 aliphatic heterocycles. The summed E-state index contributed by atoms with van der Waals surface area (Å²) in [6.07, 6.45) is 0. The average Bonchev–Trinajstić information content (AvgIpc) is 2.77. The Morgan fingerprint density at radius 3 is 2.63 bits per heavy atom. The molecule has 92 valence electrons. The van der Waals surface area contributed by atoms with Crippen molar-refractivity contribution >= 4 is 5.84 Å². The second kappa shape index (κ2) is 4.58. The fourth-order valence-corrected chi connectivity index (χ4v) is 2.45. The molecule has 1 aliphatic rings. The van der Waals surface area contributed by atoms with Crippen LogP contribution in [0, 0.1) is 16.7 Å². The summed E-state index contributed by atoms with van der Waals surface area (Å²) in [5.74, 6) is 0.545. The van der Waals surface area contributed by atoms with Crippen molar-refractivity contribution in [1.82, 2.24) is 4.90 Å². The Bertz CT molecular complexity index is 682. The second-order valence-electron chi connectivity index (χ2n) is 4.63. The molecule has 0 spiro atoms. The minimum Gasteiger partial charge on any atom is -0.348 e. The molecular formula is C16H13N3. The van der Waals surface area contributed by atoms with Gasteiger partial charge in [-0.2, -0.15) is 5.26 Å². The van der Waals surface area contributed by atoms with Crippen LogP contribution in [0.1, 0.15) is 22.3 Å². The van der Waals surface area contributed by atoms with Gasteiger partial charge < -0.3 is 4.90 Å². The SMILES string of the molecule is N#Cc1ccccc1CN1Cc2ccccc2C1=N. The molecule has 0 saturated heterocycles. The molecule has 3 heteroatoms. The maximum Gasteiger partial charge on any atom is 0.129 e. The van der Waals surface area contributed by atoms with Crippen molar-refractivity contribution in [2.75, 3.05) is 0 Å². The molecule has 0 aromatic heterocycles. The molecule has 0 saturated carbocycles. The molecule has 0 radical (unpaired) electrons. The molecule has 0 aliphatic carbocycles. The van der Waals surface area contributed by atoms with Crippen LogP contribution in [-0.4, -0.2) is 10.7 Å². The zero-order valence-electron chi connectivity index (χ0n) is 10.4. The lowest BCUT2D eigenvalue weighted by Gasteiger charge is -2.18. The first-order valence-electron chi connectivity index (χ1n) is 6.19. The zero-order chi connectivity index (χ0) is 13.2. The van der Waals surface area contributed by atoms with Gasteiger partial charge in [-0.05, 0) is 17.2 Å². The monoisotopic (exact) mass is 247 g/mol. The van der Waals surface area contributed by atoms with E-state index in [0.29, 0.717) is 17.9 Å². The summed E-state index contributed by atoms with van der Waals surface area (Å²) in [6, 6.07) is 17.8. The van der Waals surface area contributed by atoms with Crippen LogP contribution in [0.2, 0.25) is 0 Å². The number of hydrogen-bond acceptors (Lipinski definition) is 2. The molecule has 3 nitrogen and oxygen atoms in total. The van der Waals surface area contributed by atoms with Crippen molar-refractivity contribution in [2.45, 2.75) is 13.1 Å². The average molecular weight is 247 g/mol. The van der Waals surface area contributed by atoms with E-state index < -0.39 is 0 Å². The Labute approximate surface area is 112 Å². The first-order chi connectivity index (χ1) is 9.29. The first-order valence-corrected chi connectivity index (χ1v) is 6.19. The van der Waals surface area contributed by atoms with E-state index in [1.165, 1.54) is 5.56 Å². The van der Waals surface area contributed by atoms with Crippen molar-refractivity contribution in [2.24, 2.45) is 0 Å². The number of amidine groups is 1. The number of rotatable bonds is 2. The lowest BCUT2D eigenvalue weighted by Crippen LogP contribution is -2.23. The van der Waals surface area contributed by atoms with Gasteiger partial charge in [-0.1, -0.05) is 42.5 Å². The van der Waals surface area contributed by atoms with Crippen molar-refractivity contribution in [1.29, 1.82) is 10.7 Å².